The van der Waals surface area contributed by atoms with Crippen molar-refractivity contribution in [2.45, 2.75) is 13.0 Å². The summed E-state index contributed by atoms with van der Waals surface area (Å²) in [6.45, 7) is 5.67. The number of nitrogens with zero attached hydrogens (tertiary/aromatic N) is 7. The van der Waals surface area contributed by atoms with Crippen molar-refractivity contribution in [1.29, 1.82) is 0 Å². The van der Waals surface area contributed by atoms with E-state index in [0.717, 1.165) is 70.4 Å². The van der Waals surface area contributed by atoms with Crippen molar-refractivity contribution in [3.8, 4) is 17.2 Å². The van der Waals surface area contributed by atoms with Crippen molar-refractivity contribution in [1.82, 2.24) is 29.5 Å². The summed E-state index contributed by atoms with van der Waals surface area (Å²) < 4.78 is 14.2. The standard InChI is InChI=1S/C27H26N8O2/c1-17-11-18(3-6-23(17)37-20-7-8-35-24(12-20)29-16-31-35)32-27-25-21(28-15-30-27)4-5-22-26(25)36-14-19-13-33(2)9-10-34(19)22/h3-8,11-12,15-16,19H,9-10,13-14H2,1-2H3,(H,28,30,32)/t19-/m1/s1. The predicted molar refractivity (Wildman–Crippen MR) is 141 cm³/mol. The SMILES string of the molecule is Cc1cc(Nc2ncnc3ccc4c(c23)OC[C@H]2CN(C)CCN42)ccc1Oc1ccn2ncnc2c1. The Morgan fingerprint density at radius 2 is 1.97 bits per heavy atom. The number of rotatable bonds is 4. The molecule has 1 fully saturated rings. The second-order valence-electron chi connectivity index (χ2n) is 9.58. The van der Waals surface area contributed by atoms with Crippen molar-refractivity contribution < 1.29 is 9.47 Å². The lowest BCUT2D eigenvalue weighted by Crippen LogP contribution is -2.56. The number of ether oxygens (including phenoxy) is 2. The Kier molecular flexibility index (Phi) is 5.07. The van der Waals surface area contributed by atoms with Gasteiger partial charge in [0.25, 0.3) is 0 Å². The summed E-state index contributed by atoms with van der Waals surface area (Å²) in [7, 11) is 2.16. The molecule has 37 heavy (non-hydrogen) atoms. The zero-order valence-corrected chi connectivity index (χ0v) is 20.6. The Balaban J connectivity index is 1.19. The van der Waals surface area contributed by atoms with Gasteiger partial charge in [-0.1, -0.05) is 0 Å². The van der Waals surface area contributed by atoms with Gasteiger partial charge in [-0.3, -0.25) is 0 Å². The van der Waals surface area contributed by atoms with Crippen LogP contribution < -0.4 is 19.7 Å². The maximum Gasteiger partial charge on any atom is 0.158 e. The van der Waals surface area contributed by atoms with Crippen molar-refractivity contribution in [2.75, 3.05) is 43.5 Å². The largest absolute Gasteiger partial charge is 0.488 e. The number of piperazine rings is 1. The first-order chi connectivity index (χ1) is 18.1. The Bertz CT molecular complexity index is 1630. The Labute approximate surface area is 213 Å². The molecule has 2 aromatic carbocycles. The molecule has 5 aromatic rings. The number of aromatic nitrogens is 5. The van der Waals surface area contributed by atoms with E-state index >= 15 is 0 Å². The van der Waals surface area contributed by atoms with Crippen molar-refractivity contribution in [3.63, 3.8) is 0 Å². The molecule has 1 saturated heterocycles. The summed E-state index contributed by atoms with van der Waals surface area (Å²) in [5, 5.41) is 8.52. The average Bonchev–Trinajstić information content (AvgIpc) is 3.38. The molecule has 0 bridgehead atoms. The molecular weight excluding hydrogens is 468 g/mol. The van der Waals surface area contributed by atoms with E-state index in [2.05, 4.69) is 54.3 Å². The molecule has 7 rings (SSSR count). The van der Waals surface area contributed by atoms with Gasteiger partial charge in [-0.2, -0.15) is 5.10 Å². The van der Waals surface area contributed by atoms with Crippen LogP contribution in [-0.4, -0.2) is 68.8 Å². The monoisotopic (exact) mass is 494 g/mol. The molecule has 1 N–H and O–H groups in total. The smallest absolute Gasteiger partial charge is 0.158 e. The van der Waals surface area contributed by atoms with Gasteiger partial charge < -0.3 is 24.6 Å². The number of pyridine rings is 1. The lowest BCUT2D eigenvalue weighted by molar-refractivity contribution is 0.190. The summed E-state index contributed by atoms with van der Waals surface area (Å²) in [6.07, 6.45) is 4.94. The predicted octanol–water partition coefficient (Wildman–Crippen LogP) is 4.03. The number of likely N-dealkylation sites (N-methyl/N-ethyl adjacent to an activating group) is 1. The van der Waals surface area contributed by atoms with Crippen molar-refractivity contribution >= 4 is 33.7 Å². The number of hydrogen-bond acceptors (Lipinski definition) is 9. The summed E-state index contributed by atoms with van der Waals surface area (Å²) in [6, 6.07) is 14.2. The number of nitrogens with one attached hydrogen (secondary N) is 1. The highest BCUT2D eigenvalue weighted by Gasteiger charge is 2.33. The van der Waals surface area contributed by atoms with Crippen LogP contribution in [-0.2, 0) is 0 Å². The lowest BCUT2D eigenvalue weighted by Gasteiger charge is -2.44. The first-order valence-corrected chi connectivity index (χ1v) is 12.3. The first kappa shape index (κ1) is 21.8. The van der Waals surface area contributed by atoms with E-state index in [1.807, 2.05) is 43.5 Å². The highest BCUT2D eigenvalue weighted by Crippen LogP contribution is 2.43. The Morgan fingerprint density at radius 1 is 1.03 bits per heavy atom. The van der Waals surface area contributed by atoms with E-state index in [1.54, 1.807) is 10.8 Å². The van der Waals surface area contributed by atoms with Gasteiger partial charge in [0.2, 0.25) is 0 Å². The van der Waals surface area contributed by atoms with Crippen molar-refractivity contribution in [3.05, 3.63) is 66.9 Å². The van der Waals surface area contributed by atoms with E-state index in [1.165, 1.54) is 6.33 Å². The van der Waals surface area contributed by atoms with Crippen LogP contribution in [0.25, 0.3) is 16.6 Å². The Morgan fingerprint density at radius 3 is 2.89 bits per heavy atom. The van der Waals surface area contributed by atoms with E-state index in [9.17, 15) is 0 Å². The van der Waals surface area contributed by atoms with Crippen LogP contribution in [0.5, 0.6) is 17.2 Å². The number of benzene rings is 2. The van der Waals surface area contributed by atoms with Gasteiger partial charge in [-0.15, -0.1) is 0 Å². The third kappa shape index (κ3) is 3.86. The molecule has 2 aliphatic rings. The van der Waals surface area contributed by atoms with Crippen LogP contribution in [0.4, 0.5) is 17.2 Å². The summed E-state index contributed by atoms with van der Waals surface area (Å²) in [5.74, 6) is 3.04. The van der Waals surface area contributed by atoms with Crippen molar-refractivity contribution in [2.24, 2.45) is 0 Å². The molecule has 10 nitrogen and oxygen atoms in total. The van der Waals surface area contributed by atoms with Crippen LogP contribution in [0.1, 0.15) is 5.56 Å². The molecule has 0 amide bonds. The highest BCUT2D eigenvalue weighted by atomic mass is 16.5. The highest BCUT2D eigenvalue weighted by molar-refractivity contribution is 6.00. The fraction of sp³-hybridized carbons (Fsp3) is 0.259. The van der Waals surface area contributed by atoms with Gasteiger partial charge in [0, 0.05) is 37.6 Å². The van der Waals surface area contributed by atoms with Gasteiger partial charge in [0.1, 0.15) is 36.6 Å². The summed E-state index contributed by atoms with van der Waals surface area (Å²) in [4.78, 5) is 18.1. The van der Waals surface area contributed by atoms with E-state index in [-0.39, 0.29) is 0 Å². The van der Waals surface area contributed by atoms with Gasteiger partial charge in [-0.25, -0.2) is 19.5 Å². The minimum Gasteiger partial charge on any atom is -0.488 e. The number of hydrogen-bond donors (Lipinski definition) is 1. The second-order valence-corrected chi connectivity index (χ2v) is 9.58. The van der Waals surface area contributed by atoms with E-state index in [4.69, 9.17) is 9.47 Å². The first-order valence-electron chi connectivity index (χ1n) is 12.3. The Hall–Kier alpha value is -4.44. The molecule has 1 atom stereocenters. The topological polar surface area (TPSA) is 92.9 Å². The molecular formula is C27H26N8O2. The normalized spacial score (nSPS) is 17.4. The zero-order valence-electron chi connectivity index (χ0n) is 20.6. The van der Waals surface area contributed by atoms with Crippen LogP contribution in [0.2, 0.25) is 0 Å². The average molecular weight is 495 g/mol. The number of anilines is 3. The maximum atomic E-state index is 6.35. The third-order valence-corrected chi connectivity index (χ3v) is 7.07. The third-order valence-electron chi connectivity index (χ3n) is 7.07. The molecule has 186 valence electrons. The fourth-order valence-corrected chi connectivity index (χ4v) is 5.19. The van der Waals surface area contributed by atoms with E-state index < -0.39 is 0 Å². The maximum absolute atomic E-state index is 6.35. The lowest BCUT2D eigenvalue weighted by atomic mass is 10.1. The second kappa shape index (κ2) is 8.59. The van der Waals surface area contributed by atoms with Gasteiger partial charge in [-0.05, 0) is 55.9 Å². The molecule has 3 aromatic heterocycles. The van der Waals surface area contributed by atoms with Gasteiger partial charge in [0.15, 0.2) is 11.4 Å². The molecule has 0 aliphatic carbocycles. The number of aryl methyl sites for hydroxylation is 1. The van der Waals surface area contributed by atoms with Crippen LogP contribution >= 0.6 is 0 Å². The summed E-state index contributed by atoms with van der Waals surface area (Å²) in [5.41, 5.74) is 4.59. The fourth-order valence-electron chi connectivity index (χ4n) is 5.19. The molecule has 0 radical (unpaired) electrons. The summed E-state index contributed by atoms with van der Waals surface area (Å²) >= 11 is 0. The molecule has 0 unspecified atom stereocenters. The molecule has 0 saturated carbocycles. The zero-order chi connectivity index (χ0) is 24.9. The van der Waals surface area contributed by atoms with E-state index in [0.29, 0.717) is 18.4 Å². The quantitative estimate of drug-likeness (QED) is 0.397. The van der Waals surface area contributed by atoms with Crippen LogP contribution in [0.3, 0.4) is 0 Å². The molecule has 5 heterocycles. The minimum absolute atomic E-state index is 0.352. The number of fused-ring (bicyclic) bond motifs is 6. The minimum atomic E-state index is 0.352. The van der Waals surface area contributed by atoms with Gasteiger partial charge in [0.05, 0.1) is 22.6 Å². The molecule has 0 spiro atoms. The molecule has 10 heteroatoms. The van der Waals surface area contributed by atoms with Gasteiger partial charge >= 0.3 is 0 Å². The molecule has 2 aliphatic heterocycles. The van der Waals surface area contributed by atoms with Crippen LogP contribution in [0.15, 0.2) is 61.3 Å². The van der Waals surface area contributed by atoms with Crippen LogP contribution in [0, 0.1) is 6.92 Å².